The molecular formula is C5H11ClOS. The van der Waals surface area contributed by atoms with Gasteiger partial charge in [-0.2, -0.15) is 0 Å². The topological polar surface area (TPSA) is 12.5 Å². The molecule has 50 valence electrons. The number of hydrogen-bond donors (Lipinski definition) is 0. The highest BCUT2D eigenvalue weighted by atomic mass is 35.5. The predicted molar refractivity (Wildman–Crippen MR) is 33.8 cm³/mol. The normalized spacial score (nSPS) is 25.1. The van der Waals surface area contributed by atoms with Gasteiger partial charge in [0.25, 0.3) is 0 Å². The molecule has 1 aliphatic rings. The van der Waals surface area contributed by atoms with Crippen LogP contribution in [0.3, 0.4) is 0 Å². The van der Waals surface area contributed by atoms with Crippen LogP contribution in [0.15, 0.2) is 0 Å². The number of ether oxygens (including phenoxy) is 1. The molecule has 0 aliphatic carbocycles. The standard InChI is InChI=1S/C5H11OS.ClH/c1-7(2)4-5-3-6-5;/h5H,3-4H2,1-2H3;1H/q+1;/p-1. The van der Waals surface area contributed by atoms with E-state index in [4.69, 9.17) is 4.74 Å². The second-order valence-electron chi connectivity index (χ2n) is 2.11. The lowest BCUT2D eigenvalue weighted by atomic mass is 10.6. The van der Waals surface area contributed by atoms with Crippen molar-refractivity contribution >= 4 is 10.9 Å². The van der Waals surface area contributed by atoms with Gasteiger partial charge in [-0.1, -0.05) is 0 Å². The van der Waals surface area contributed by atoms with Crippen LogP contribution in [-0.2, 0) is 15.6 Å². The van der Waals surface area contributed by atoms with E-state index < -0.39 is 0 Å². The van der Waals surface area contributed by atoms with E-state index in [1.54, 1.807) is 0 Å². The van der Waals surface area contributed by atoms with Crippen LogP contribution >= 0.6 is 0 Å². The molecule has 1 saturated heterocycles. The summed E-state index contributed by atoms with van der Waals surface area (Å²) in [6.07, 6.45) is 5.14. The SMILES string of the molecule is C[S+](C)CC1CO1.[Cl-]. The van der Waals surface area contributed by atoms with Crippen molar-refractivity contribution in [1.29, 1.82) is 0 Å². The van der Waals surface area contributed by atoms with E-state index in [0.717, 1.165) is 6.61 Å². The van der Waals surface area contributed by atoms with Gasteiger partial charge in [-0.05, 0) is 10.9 Å². The maximum atomic E-state index is 5.03. The van der Waals surface area contributed by atoms with Gasteiger partial charge in [0.15, 0.2) is 0 Å². The minimum Gasteiger partial charge on any atom is -1.00 e. The van der Waals surface area contributed by atoms with E-state index in [9.17, 15) is 0 Å². The lowest BCUT2D eigenvalue weighted by Crippen LogP contribution is -3.00. The van der Waals surface area contributed by atoms with E-state index in [-0.39, 0.29) is 12.4 Å². The maximum Gasteiger partial charge on any atom is 0.136 e. The minimum atomic E-state index is 0. The zero-order valence-corrected chi connectivity index (χ0v) is 6.76. The summed E-state index contributed by atoms with van der Waals surface area (Å²) in [6, 6.07) is 0. The largest absolute Gasteiger partial charge is 1.00 e. The van der Waals surface area contributed by atoms with Crippen LogP contribution in [0.5, 0.6) is 0 Å². The third-order valence-electron chi connectivity index (χ3n) is 0.922. The summed E-state index contributed by atoms with van der Waals surface area (Å²) in [5.74, 6) is 1.28. The van der Waals surface area contributed by atoms with Gasteiger partial charge in [-0.25, -0.2) is 0 Å². The van der Waals surface area contributed by atoms with E-state index in [0.29, 0.717) is 17.0 Å². The highest BCUT2D eigenvalue weighted by Crippen LogP contribution is 2.10. The van der Waals surface area contributed by atoms with Crippen LogP contribution in [0, 0.1) is 0 Å². The Morgan fingerprint density at radius 1 is 1.62 bits per heavy atom. The molecule has 0 amide bonds. The molecule has 0 spiro atoms. The van der Waals surface area contributed by atoms with Gasteiger partial charge in [0.1, 0.15) is 11.9 Å². The van der Waals surface area contributed by atoms with E-state index >= 15 is 0 Å². The number of halogens is 1. The summed E-state index contributed by atoms with van der Waals surface area (Å²) in [4.78, 5) is 0. The van der Waals surface area contributed by atoms with E-state index in [1.165, 1.54) is 5.75 Å². The molecule has 1 rings (SSSR count). The van der Waals surface area contributed by atoms with Gasteiger partial charge in [0.2, 0.25) is 0 Å². The van der Waals surface area contributed by atoms with Crippen molar-refractivity contribution in [2.24, 2.45) is 0 Å². The lowest BCUT2D eigenvalue weighted by molar-refractivity contribution is -0.00000207. The fraction of sp³-hybridized carbons (Fsp3) is 1.00. The van der Waals surface area contributed by atoms with Gasteiger partial charge in [0, 0.05) is 0 Å². The first-order valence-electron chi connectivity index (χ1n) is 2.45. The minimum absolute atomic E-state index is 0. The third-order valence-corrected chi connectivity index (χ3v) is 1.96. The zero-order chi connectivity index (χ0) is 5.28. The van der Waals surface area contributed by atoms with Crippen molar-refractivity contribution in [2.75, 3.05) is 24.9 Å². The quantitative estimate of drug-likeness (QED) is 0.311. The summed E-state index contributed by atoms with van der Waals surface area (Å²) in [6.45, 7) is 1.02. The Labute approximate surface area is 59.6 Å². The lowest BCUT2D eigenvalue weighted by Gasteiger charge is -1.87. The first-order valence-corrected chi connectivity index (χ1v) is 4.66. The van der Waals surface area contributed by atoms with Gasteiger partial charge < -0.3 is 17.1 Å². The van der Waals surface area contributed by atoms with Crippen molar-refractivity contribution in [3.63, 3.8) is 0 Å². The fourth-order valence-corrected chi connectivity index (χ4v) is 1.47. The van der Waals surface area contributed by atoms with Gasteiger partial charge in [-0.3, -0.25) is 0 Å². The van der Waals surface area contributed by atoms with Gasteiger partial charge >= 0.3 is 0 Å². The van der Waals surface area contributed by atoms with Gasteiger partial charge in [-0.15, -0.1) is 0 Å². The third kappa shape index (κ3) is 3.58. The van der Waals surface area contributed by atoms with Crippen LogP contribution in [0.4, 0.5) is 0 Å². The van der Waals surface area contributed by atoms with Crippen molar-refractivity contribution in [3.05, 3.63) is 0 Å². The fourth-order valence-electron chi connectivity index (χ4n) is 0.536. The second kappa shape index (κ2) is 3.59. The van der Waals surface area contributed by atoms with Gasteiger partial charge in [0.05, 0.1) is 19.1 Å². The highest BCUT2D eigenvalue weighted by Gasteiger charge is 2.27. The van der Waals surface area contributed by atoms with Crippen LogP contribution < -0.4 is 12.4 Å². The van der Waals surface area contributed by atoms with E-state index in [2.05, 4.69) is 12.5 Å². The Morgan fingerprint density at radius 2 is 2.12 bits per heavy atom. The van der Waals surface area contributed by atoms with Crippen LogP contribution in [0.25, 0.3) is 0 Å². The summed E-state index contributed by atoms with van der Waals surface area (Å²) >= 11 is 0. The predicted octanol–water partition coefficient (Wildman–Crippen LogP) is -2.73. The number of rotatable bonds is 2. The number of epoxide rings is 1. The maximum absolute atomic E-state index is 5.03. The molecule has 1 fully saturated rings. The molecule has 0 aromatic rings. The Morgan fingerprint density at radius 3 is 2.25 bits per heavy atom. The summed E-state index contributed by atoms with van der Waals surface area (Å²) in [7, 11) is 0.592. The molecule has 0 aromatic carbocycles. The molecule has 1 heterocycles. The summed E-state index contributed by atoms with van der Waals surface area (Å²) < 4.78 is 5.03. The van der Waals surface area contributed by atoms with Crippen molar-refractivity contribution in [2.45, 2.75) is 6.10 Å². The molecule has 3 heteroatoms. The Bertz CT molecular complexity index is 63.4. The molecule has 0 aromatic heterocycles. The summed E-state index contributed by atoms with van der Waals surface area (Å²) in [5.41, 5.74) is 0. The molecule has 8 heavy (non-hydrogen) atoms. The molecule has 0 N–H and O–H groups in total. The monoisotopic (exact) mass is 154 g/mol. The molecule has 1 aliphatic heterocycles. The van der Waals surface area contributed by atoms with Crippen LogP contribution in [0.1, 0.15) is 0 Å². The first-order chi connectivity index (χ1) is 3.29. The molecule has 1 unspecified atom stereocenters. The Balaban J connectivity index is 0.000000490. The number of hydrogen-bond acceptors (Lipinski definition) is 1. The highest BCUT2D eigenvalue weighted by molar-refractivity contribution is 7.95. The van der Waals surface area contributed by atoms with Crippen molar-refractivity contribution < 1.29 is 17.1 Å². The second-order valence-corrected chi connectivity index (χ2v) is 4.41. The molecule has 0 saturated carbocycles. The summed E-state index contributed by atoms with van der Waals surface area (Å²) in [5, 5.41) is 0. The van der Waals surface area contributed by atoms with Crippen molar-refractivity contribution in [1.82, 2.24) is 0 Å². The molecule has 1 atom stereocenters. The average molecular weight is 155 g/mol. The Hall–Kier alpha value is 0.600. The molecule has 0 bridgehead atoms. The average Bonchev–Trinajstić information content (AvgIpc) is 2.17. The Kier molecular flexibility index (Phi) is 3.86. The van der Waals surface area contributed by atoms with E-state index in [1.807, 2.05) is 0 Å². The van der Waals surface area contributed by atoms with Crippen molar-refractivity contribution in [3.8, 4) is 0 Å². The zero-order valence-electron chi connectivity index (χ0n) is 5.19. The smallest absolute Gasteiger partial charge is 0.136 e. The van der Waals surface area contributed by atoms with Crippen LogP contribution in [-0.4, -0.2) is 31.0 Å². The molecular weight excluding hydrogens is 144 g/mol. The molecule has 0 radical (unpaired) electrons. The van der Waals surface area contributed by atoms with Crippen LogP contribution in [0.2, 0.25) is 0 Å². The molecule has 1 nitrogen and oxygen atoms in total. The first kappa shape index (κ1) is 8.60.